The molecule has 0 aliphatic rings. The van der Waals surface area contributed by atoms with Gasteiger partial charge in [0.1, 0.15) is 0 Å². The van der Waals surface area contributed by atoms with E-state index in [-0.39, 0.29) is 5.56 Å². The van der Waals surface area contributed by atoms with Gasteiger partial charge in [-0.1, -0.05) is 28.1 Å². The summed E-state index contributed by atoms with van der Waals surface area (Å²) in [5, 5.41) is 11.1. The fourth-order valence-corrected chi connectivity index (χ4v) is 2.95. The number of carboxylic acid groups (broad SMARTS) is 1. The van der Waals surface area contributed by atoms with Gasteiger partial charge < -0.3 is 14.6 Å². The lowest BCUT2D eigenvalue weighted by Gasteiger charge is -2.13. The Morgan fingerprint density at radius 2 is 1.58 bits per heavy atom. The lowest BCUT2D eigenvalue weighted by atomic mass is 9.95. The first kappa shape index (κ1) is 16.3. The van der Waals surface area contributed by atoms with E-state index in [4.69, 9.17) is 9.47 Å². The summed E-state index contributed by atoms with van der Waals surface area (Å²) >= 11 is 3.42. The molecule has 1 N–H and O–H groups in total. The van der Waals surface area contributed by atoms with E-state index in [1.807, 2.05) is 30.3 Å². The van der Waals surface area contributed by atoms with Crippen LogP contribution in [-0.2, 0) is 0 Å². The maximum Gasteiger partial charge on any atom is 0.335 e. The number of hydrogen-bond acceptors (Lipinski definition) is 3. The third-order valence-corrected chi connectivity index (χ3v) is 4.39. The van der Waals surface area contributed by atoms with Crippen LogP contribution in [0.1, 0.15) is 10.4 Å². The van der Waals surface area contributed by atoms with E-state index < -0.39 is 5.97 Å². The number of rotatable bonds is 4. The van der Waals surface area contributed by atoms with E-state index in [0.29, 0.717) is 11.5 Å². The van der Waals surface area contributed by atoms with Crippen LogP contribution in [0.4, 0.5) is 0 Å². The Hall–Kier alpha value is -2.53. The second-order valence-electron chi connectivity index (χ2n) is 5.26. The van der Waals surface area contributed by atoms with Crippen LogP contribution in [0, 0.1) is 0 Å². The van der Waals surface area contributed by atoms with E-state index in [9.17, 15) is 9.90 Å². The van der Waals surface area contributed by atoms with Crippen LogP contribution in [0.25, 0.3) is 21.9 Å². The molecule has 0 saturated heterocycles. The zero-order valence-corrected chi connectivity index (χ0v) is 14.8. The monoisotopic (exact) mass is 386 g/mol. The van der Waals surface area contributed by atoms with Crippen molar-refractivity contribution in [1.29, 1.82) is 0 Å². The van der Waals surface area contributed by atoms with Gasteiger partial charge in [-0.3, -0.25) is 0 Å². The van der Waals surface area contributed by atoms with Gasteiger partial charge in [0.15, 0.2) is 11.5 Å². The number of aromatic carboxylic acids is 1. The molecule has 0 amide bonds. The Balaban J connectivity index is 2.36. The fraction of sp³-hybridized carbons (Fsp3) is 0.105. The molecule has 0 spiro atoms. The molecular weight excluding hydrogens is 372 g/mol. The molecule has 0 aliphatic carbocycles. The number of benzene rings is 3. The quantitative estimate of drug-likeness (QED) is 0.686. The van der Waals surface area contributed by atoms with E-state index in [1.54, 1.807) is 32.4 Å². The molecule has 122 valence electrons. The van der Waals surface area contributed by atoms with E-state index in [0.717, 1.165) is 26.4 Å². The topological polar surface area (TPSA) is 55.8 Å². The largest absolute Gasteiger partial charge is 0.493 e. The minimum atomic E-state index is -0.968. The van der Waals surface area contributed by atoms with Gasteiger partial charge in [-0.05, 0) is 58.3 Å². The maximum absolute atomic E-state index is 11.5. The fourth-order valence-electron chi connectivity index (χ4n) is 2.68. The highest BCUT2D eigenvalue weighted by molar-refractivity contribution is 9.10. The van der Waals surface area contributed by atoms with Gasteiger partial charge in [-0.2, -0.15) is 0 Å². The number of methoxy groups -OCH3 is 2. The lowest BCUT2D eigenvalue weighted by Crippen LogP contribution is -1.98. The van der Waals surface area contributed by atoms with Crippen molar-refractivity contribution >= 4 is 32.7 Å². The van der Waals surface area contributed by atoms with Crippen LogP contribution < -0.4 is 9.47 Å². The van der Waals surface area contributed by atoms with Crippen molar-refractivity contribution in [2.24, 2.45) is 0 Å². The minimum Gasteiger partial charge on any atom is -0.493 e. The van der Waals surface area contributed by atoms with Crippen molar-refractivity contribution in [3.8, 4) is 22.6 Å². The normalized spacial score (nSPS) is 10.6. The summed E-state index contributed by atoms with van der Waals surface area (Å²) < 4.78 is 11.7. The molecule has 0 fully saturated rings. The van der Waals surface area contributed by atoms with Gasteiger partial charge in [-0.15, -0.1) is 0 Å². The molecule has 24 heavy (non-hydrogen) atoms. The van der Waals surface area contributed by atoms with Gasteiger partial charge in [0, 0.05) is 4.47 Å². The highest BCUT2D eigenvalue weighted by Gasteiger charge is 2.14. The molecule has 0 heterocycles. The minimum absolute atomic E-state index is 0.229. The standard InChI is InChI=1S/C19H15BrO4/c1-23-17-9-12-7-13(19(21)22)8-15(16(12)10-18(17)24-2)11-3-5-14(20)6-4-11/h3-10H,1-2H3,(H,21,22). The average molecular weight is 387 g/mol. The lowest BCUT2D eigenvalue weighted by molar-refractivity contribution is 0.0697. The second-order valence-corrected chi connectivity index (χ2v) is 6.18. The van der Waals surface area contributed by atoms with Gasteiger partial charge in [0.2, 0.25) is 0 Å². The molecule has 0 radical (unpaired) electrons. The maximum atomic E-state index is 11.5. The number of carbonyl (C=O) groups is 1. The Labute approximate surface area is 147 Å². The Morgan fingerprint density at radius 3 is 2.17 bits per heavy atom. The summed E-state index contributed by atoms with van der Waals surface area (Å²) in [6.07, 6.45) is 0. The van der Waals surface area contributed by atoms with Crippen LogP contribution in [-0.4, -0.2) is 25.3 Å². The first-order chi connectivity index (χ1) is 11.5. The number of fused-ring (bicyclic) bond motifs is 1. The second kappa shape index (κ2) is 6.53. The zero-order valence-electron chi connectivity index (χ0n) is 13.2. The first-order valence-electron chi connectivity index (χ1n) is 7.22. The molecular formula is C19H15BrO4. The van der Waals surface area contributed by atoms with E-state index in [2.05, 4.69) is 15.9 Å². The molecule has 0 aliphatic heterocycles. The van der Waals surface area contributed by atoms with Gasteiger partial charge >= 0.3 is 5.97 Å². The molecule has 0 aromatic heterocycles. The Bertz CT molecular complexity index is 917. The van der Waals surface area contributed by atoms with Crippen LogP contribution in [0.2, 0.25) is 0 Å². The van der Waals surface area contributed by atoms with Crippen molar-refractivity contribution in [3.05, 3.63) is 58.6 Å². The molecule has 3 aromatic rings. The summed E-state index contributed by atoms with van der Waals surface area (Å²) in [5.41, 5.74) is 1.99. The third kappa shape index (κ3) is 2.95. The third-order valence-electron chi connectivity index (χ3n) is 3.86. The van der Waals surface area contributed by atoms with Crippen LogP contribution >= 0.6 is 15.9 Å². The number of ether oxygens (including phenoxy) is 2. The predicted molar refractivity (Wildman–Crippen MR) is 97.1 cm³/mol. The van der Waals surface area contributed by atoms with Crippen molar-refractivity contribution in [2.75, 3.05) is 14.2 Å². The highest BCUT2D eigenvalue weighted by atomic mass is 79.9. The molecule has 0 unspecified atom stereocenters. The van der Waals surface area contributed by atoms with Crippen LogP contribution in [0.3, 0.4) is 0 Å². The molecule has 3 rings (SSSR count). The average Bonchev–Trinajstić information content (AvgIpc) is 2.60. The molecule has 4 nitrogen and oxygen atoms in total. The molecule has 5 heteroatoms. The zero-order chi connectivity index (χ0) is 17.3. The molecule has 3 aromatic carbocycles. The van der Waals surface area contributed by atoms with Gasteiger partial charge in [0.25, 0.3) is 0 Å². The Kier molecular flexibility index (Phi) is 4.44. The number of hydrogen-bond donors (Lipinski definition) is 1. The Morgan fingerprint density at radius 1 is 0.958 bits per heavy atom. The van der Waals surface area contributed by atoms with Crippen LogP contribution in [0.5, 0.6) is 11.5 Å². The summed E-state index contributed by atoms with van der Waals surface area (Å²) in [5.74, 6) is 0.200. The van der Waals surface area contributed by atoms with E-state index in [1.165, 1.54) is 0 Å². The molecule has 0 saturated carbocycles. The summed E-state index contributed by atoms with van der Waals surface area (Å²) in [6.45, 7) is 0. The predicted octanol–water partition coefficient (Wildman–Crippen LogP) is 4.98. The van der Waals surface area contributed by atoms with Crippen molar-refractivity contribution in [3.63, 3.8) is 0 Å². The summed E-state index contributed by atoms with van der Waals surface area (Å²) in [7, 11) is 3.13. The van der Waals surface area contributed by atoms with Gasteiger partial charge in [-0.25, -0.2) is 4.79 Å². The SMILES string of the molecule is COc1cc2cc(C(=O)O)cc(-c3ccc(Br)cc3)c2cc1OC. The van der Waals surface area contributed by atoms with Crippen LogP contribution in [0.15, 0.2) is 53.0 Å². The number of halogens is 1. The summed E-state index contributed by atoms with van der Waals surface area (Å²) in [4.78, 5) is 11.5. The summed E-state index contributed by atoms with van der Waals surface area (Å²) in [6, 6.07) is 14.7. The number of carboxylic acids is 1. The van der Waals surface area contributed by atoms with E-state index >= 15 is 0 Å². The van der Waals surface area contributed by atoms with Crippen molar-refractivity contribution in [1.82, 2.24) is 0 Å². The van der Waals surface area contributed by atoms with Crippen molar-refractivity contribution < 1.29 is 19.4 Å². The smallest absolute Gasteiger partial charge is 0.335 e. The van der Waals surface area contributed by atoms with Crippen molar-refractivity contribution in [2.45, 2.75) is 0 Å². The van der Waals surface area contributed by atoms with Gasteiger partial charge in [0.05, 0.1) is 19.8 Å². The highest BCUT2D eigenvalue weighted by Crippen LogP contribution is 2.38. The molecule has 0 bridgehead atoms. The first-order valence-corrected chi connectivity index (χ1v) is 8.02. The molecule has 0 atom stereocenters.